The molecule has 2 N–H and O–H groups in total. The fourth-order valence-electron chi connectivity index (χ4n) is 8.45. The fraction of sp³-hybridized carbons (Fsp3) is 0.0208. The number of hydrogen-bond donors (Lipinski definition) is 1. The van der Waals surface area contributed by atoms with E-state index in [1.807, 2.05) is 0 Å². The fourth-order valence-corrected chi connectivity index (χ4v) is 9.60. The van der Waals surface area contributed by atoms with Gasteiger partial charge >= 0.3 is 0 Å². The SMILES string of the molecule is Nc1c(C(=NCN2c3cc4ccccc4cc3-c3cccc4cccc2c34)c2cccc3c2c2ccccc2n3-c2ccccc2)sc2ccccc12. The molecule has 0 atom stereocenters. The van der Waals surface area contributed by atoms with Crippen molar-refractivity contribution in [2.24, 2.45) is 4.99 Å². The number of aliphatic imine (C=N–C) groups is 1. The molecule has 0 fully saturated rings. The number of thiophene rings is 1. The van der Waals surface area contributed by atoms with Crippen molar-refractivity contribution in [2.45, 2.75) is 0 Å². The molecule has 0 spiro atoms. The van der Waals surface area contributed by atoms with Crippen molar-refractivity contribution in [2.75, 3.05) is 17.3 Å². The van der Waals surface area contributed by atoms with Crippen molar-refractivity contribution in [1.82, 2.24) is 4.57 Å². The molecule has 53 heavy (non-hydrogen) atoms. The number of fused-ring (bicyclic) bond motifs is 7. The third-order valence-corrected chi connectivity index (χ3v) is 12.0. The van der Waals surface area contributed by atoms with Gasteiger partial charge in [-0.25, -0.2) is 0 Å². The van der Waals surface area contributed by atoms with E-state index in [2.05, 4.69) is 179 Å². The van der Waals surface area contributed by atoms with Gasteiger partial charge < -0.3 is 15.2 Å². The van der Waals surface area contributed by atoms with Crippen molar-refractivity contribution in [3.63, 3.8) is 0 Å². The maximum Gasteiger partial charge on any atom is 0.115 e. The zero-order valence-corrected chi connectivity index (χ0v) is 29.5. The third-order valence-electron chi connectivity index (χ3n) is 10.8. The zero-order chi connectivity index (χ0) is 35.0. The molecule has 0 radical (unpaired) electrons. The van der Waals surface area contributed by atoms with Gasteiger partial charge in [-0.1, -0.05) is 121 Å². The van der Waals surface area contributed by atoms with Gasteiger partial charge in [0.25, 0.3) is 0 Å². The van der Waals surface area contributed by atoms with Crippen LogP contribution in [0.15, 0.2) is 175 Å². The number of hydrogen-bond acceptors (Lipinski definition) is 4. The van der Waals surface area contributed by atoms with Crippen molar-refractivity contribution >= 4 is 87.5 Å². The molecule has 1 aliphatic heterocycles. The summed E-state index contributed by atoms with van der Waals surface area (Å²) in [4.78, 5) is 9.07. The first-order valence-corrected chi connectivity index (χ1v) is 18.8. The molecule has 3 heterocycles. The van der Waals surface area contributed by atoms with E-state index in [0.717, 1.165) is 60.0 Å². The van der Waals surface area contributed by atoms with Crippen molar-refractivity contribution in [3.8, 4) is 16.8 Å². The van der Waals surface area contributed by atoms with Crippen molar-refractivity contribution < 1.29 is 0 Å². The lowest BCUT2D eigenvalue weighted by atomic mass is 9.90. The summed E-state index contributed by atoms with van der Waals surface area (Å²) < 4.78 is 3.52. The minimum Gasteiger partial charge on any atom is -0.397 e. The molecule has 11 rings (SSSR count). The van der Waals surface area contributed by atoms with Gasteiger partial charge in [-0.05, 0) is 70.3 Å². The molecule has 0 amide bonds. The van der Waals surface area contributed by atoms with Crippen LogP contribution in [-0.4, -0.2) is 16.9 Å². The summed E-state index contributed by atoms with van der Waals surface area (Å²) in [5.41, 5.74) is 18.1. The highest BCUT2D eigenvalue weighted by atomic mass is 32.1. The number of nitrogens with zero attached hydrogens (tertiary/aromatic N) is 3. The van der Waals surface area contributed by atoms with Crippen LogP contribution in [0.25, 0.3) is 70.3 Å². The first-order chi connectivity index (χ1) is 26.2. The summed E-state index contributed by atoms with van der Waals surface area (Å²) in [5, 5.41) is 8.32. The molecule has 4 nitrogen and oxygen atoms in total. The number of aromatic nitrogens is 1. The summed E-state index contributed by atoms with van der Waals surface area (Å²) in [5.74, 6) is 0. The Kier molecular flexibility index (Phi) is 6.60. The molecule has 1 aliphatic rings. The maximum atomic E-state index is 7.11. The van der Waals surface area contributed by atoms with Crippen LogP contribution in [0.2, 0.25) is 0 Å². The van der Waals surface area contributed by atoms with Crippen LogP contribution >= 0.6 is 11.3 Å². The molecule has 0 unspecified atom stereocenters. The average Bonchev–Trinajstić information content (AvgIpc) is 3.73. The van der Waals surface area contributed by atoms with Crippen LogP contribution in [0, 0.1) is 0 Å². The third kappa shape index (κ3) is 4.51. The lowest BCUT2D eigenvalue weighted by Crippen LogP contribution is -2.22. The largest absolute Gasteiger partial charge is 0.397 e. The van der Waals surface area contributed by atoms with Gasteiger partial charge in [-0.2, -0.15) is 0 Å². The Balaban J connectivity index is 1.19. The van der Waals surface area contributed by atoms with Crippen LogP contribution in [0.3, 0.4) is 0 Å². The first-order valence-electron chi connectivity index (χ1n) is 18.0. The molecule has 0 aliphatic carbocycles. The molecule has 5 heteroatoms. The summed E-state index contributed by atoms with van der Waals surface area (Å²) in [6.45, 7) is 0.412. The molecular weight excluding hydrogens is 665 g/mol. The quantitative estimate of drug-likeness (QED) is 0.182. The van der Waals surface area contributed by atoms with Gasteiger partial charge in [0.05, 0.1) is 38.7 Å². The number of benzene rings is 8. The highest BCUT2D eigenvalue weighted by Crippen LogP contribution is 2.49. The van der Waals surface area contributed by atoms with Gasteiger partial charge in [-0.15, -0.1) is 11.3 Å². The molecule has 10 aromatic rings. The van der Waals surface area contributed by atoms with Gasteiger partial charge in [0, 0.05) is 43.1 Å². The van der Waals surface area contributed by atoms with E-state index in [4.69, 9.17) is 10.7 Å². The van der Waals surface area contributed by atoms with Crippen LogP contribution in [0.1, 0.15) is 10.4 Å². The predicted molar refractivity (Wildman–Crippen MR) is 227 cm³/mol. The average molecular weight is 697 g/mol. The Morgan fingerprint density at radius 1 is 0.547 bits per heavy atom. The lowest BCUT2D eigenvalue weighted by molar-refractivity contribution is 0.987. The minimum absolute atomic E-state index is 0.412. The van der Waals surface area contributed by atoms with Crippen LogP contribution in [0.4, 0.5) is 17.1 Å². The van der Waals surface area contributed by atoms with E-state index in [0.29, 0.717) is 6.67 Å². The highest BCUT2D eigenvalue weighted by molar-refractivity contribution is 7.21. The number of para-hydroxylation sites is 2. The standard InChI is InChI=1S/C48H32N4S/c49-46-36-20-7-9-26-43(36)53-48(46)47(37-22-12-25-41-45(37)35-19-6-8-23-39(35)52(41)33-17-2-1-3-18-33)50-29-51-40-24-11-16-30-15-10-21-34(44(30)40)38-27-31-13-4-5-14-32(31)28-42(38)51/h1-28H,29,49H2. The number of rotatable bonds is 5. The molecule has 0 saturated carbocycles. The Hall–Kier alpha value is -6.69. The molecule has 0 bridgehead atoms. The summed E-state index contributed by atoms with van der Waals surface area (Å²) in [6.07, 6.45) is 0. The first kappa shape index (κ1) is 30.0. The zero-order valence-electron chi connectivity index (χ0n) is 28.7. The van der Waals surface area contributed by atoms with Crippen LogP contribution < -0.4 is 10.6 Å². The second kappa shape index (κ2) is 11.7. The monoisotopic (exact) mass is 696 g/mol. The second-order valence-electron chi connectivity index (χ2n) is 13.7. The van der Waals surface area contributed by atoms with Crippen LogP contribution in [-0.2, 0) is 0 Å². The van der Waals surface area contributed by atoms with E-state index in [1.54, 1.807) is 11.3 Å². The molecule has 2 aromatic heterocycles. The predicted octanol–water partition coefficient (Wildman–Crippen LogP) is 12.5. The Bertz CT molecular complexity index is 3110. The topological polar surface area (TPSA) is 46.5 Å². The Morgan fingerprint density at radius 3 is 2.08 bits per heavy atom. The maximum absolute atomic E-state index is 7.11. The van der Waals surface area contributed by atoms with Crippen molar-refractivity contribution in [1.29, 1.82) is 0 Å². The number of nitrogen functional groups attached to an aromatic ring is 1. The lowest BCUT2D eigenvalue weighted by Gasteiger charge is -2.33. The molecule has 250 valence electrons. The van der Waals surface area contributed by atoms with Gasteiger partial charge in [-0.3, -0.25) is 4.99 Å². The molecular formula is C48H32N4S. The molecule has 8 aromatic carbocycles. The second-order valence-corrected chi connectivity index (χ2v) is 14.8. The highest BCUT2D eigenvalue weighted by Gasteiger charge is 2.27. The van der Waals surface area contributed by atoms with E-state index >= 15 is 0 Å². The summed E-state index contributed by atoms with van der Waals surface area (Å²) in [7, 11) is 0. The summed E-state index contributed by atoms with van der Waals surface area (Å²) >= 11 is 1.72. The van der Waals surface area contributed by atoms with E-state index in [1.165, 1.54) is 43.4 Å². The van der Waals surface area contributed by atoms with Gasteiger partial charge in [0.1, 0.15) is 6.67 Å². The smallest absolute Gasteiger partial charge is 0.115 e. The van der Waals surface area contributed by atoms with E-state index < -0.39 is 0 Å². The Morgan fingerprint density at radius 2 is 1.23 bits per heavy atom. The van der Waals surface area contributed by atoms with E-state index in [-0.39, 0.29) is 0 Å². The number of anilines is 3. The molecule has 0 saturated heterocycles. The van der Waals surface area contributed by atoms with Crippen LogP contribution in [0.5, 0.6) is 0 Å². The Labute approximate surface area is 310 Å². The normalized spacial score (nSPS) is 12.8. The van der Waals surface area contributed by atoms with Crippen molar-refractivity contribution in [3.05, 3.63) is 180 Å². The summed E-state index contributed by atoms with van der Waals surface area (Å²) in [6, 6.07) is 60.9. The minimum atomic E-state index is 0.412. The van der Waals surface area contributed by atoms with Gasteiger partial charge in [0.2, 0.25) is 0 Å². The number of nitrogens with two attached hydrogens (primary N) is 1. The van der Waals surface area contributed by atoms with Gasteiger partial charge in [0.15, 0.2) is 0 Å². The van der Waals surface area contributed by atoms with E-state index in [9.17, 15) is 0 Å².